The Morgan fingerprint density at radius 1 is 1.17 bits per heavy atom. The second kappa shape index (κ2) is 6.88. The van der Waals surface area contributed by atoms with E-state index in [1.54, 1.807) is 23.1 Å². The van der Waals surface area contributed by atoms with Crippen LogP contribution in [0.15, 0.2) is 48.5 Å². The van der Waals surface area contributed by atoms with Crippen LogP contribution in [-0.4, -0.2) is 24.4 Å². The van der Waals surface area contributed by atoms with Crippen LogP contribution >= 0.6 is 34.2 Å². The van der Waals surface area contributed by atoms with Crippen molar-refractivity contribution in [3.63, 3.8) is 0 Å². The van der Waals surface area contributed by atoms with E-state index >= 15 is 0 Å². The van der Waals surface area contributed by atoms with Crippen molar-refractivity contribution in [2.75, 3.05) is 11.4 Å². The van der Waals surface area contributed by atoms with E-state index in [-0.39, 0.29) is 11.8 Å². The topological polar surface area (TPSA) is 49.4 Å². The highest BCUT2D eigenvalue weighted by molar-refractivity contribution is 14.1. The first kappa shape index (κ1) is 16.3. The Bertz CT molecular complexity index is 749. The predicted octanol–water partition coefficient (Wildman–Crippen LogP) is 3.48. The number of rotatable bonds is 3. The molecule has 0 radical (unpaired) electrons. The van der Waals surface area contributed by atoms with Gasteiger partial charge in [0.15, 0.2) is 0 Å². The lowest BCUT2D eigenvalue weighted by molar-refractivity contribution is -0.118. The fourth-order valence-electron chi connectivity index (χ4n) is 2.57. The lowest BCUT2D eigenvalue weighted by Crippen LogP contribution is -2.41. The van der Waals surface area contributed by atoms with E-state index in [0.29, 0.717) is 29.2 Å². The molecule has 1 unspecified atom stereocenters. The Morgan fingerprint density at radius 3 is 2.57 bits per heavy atom. The van der Waals surface area contributed by atoms with Crippen LogP contribution in [0.4, 0.5) is 5.69 Å². The van der Waals surface area contributed by atoms with Gasteiger partial charge in [0.05, 0.1) is 10.7 Å². The summed E-state index contributed by atoms with van der Waals surface area (Å²) in [4.78, 5) is 26.4. The molecule has 1 N–H and O–H groups in total. The fraction of sp³-hybridized carbons (Fsp3) is 0.176. The summed E-state index contributed by atoms with van der Waals surface area (Å²) in [5, 5.41) is 3.34. The molecule has 0 bridgehead atoms. The van der Waals surface area contributed by atoms with E-state index in [1.165, 1.54) is 0 Å². The van der Waals surface area contributed by atoms with E-state index in [9.17, 15) is 9.59 Å². The molecule has 1 aliphatic rings. The summed E-state index contributed by atoms with van der Waals surface area (Å²) >= 11 is 8.33. The average molecular weight is 441 g/mol. The molecule has 2 amide bonds. The SMILES string of the molecule is O=C(NC1CCN(c2ccccc2Cl)C1=O)c1ccc(I)cc1. The highest BCUT2D eigenvalue weighted by Crippen LogP contribution is 2.29. The number of anilines is 1. The Hall–Kier alpha value is -1.60. The van der Waals surface area contributed by atoms with Crippen LogP contribution in [0.5, 0.6) is 0 Å². The average Bonchev–Trinajstić information content (AvgIpc) is 2.89. The van der Waals surface area contributed by atoms with Crippen LogP contribution in [0.2, 0.25) is 5.02 Å². The number of halogens is 2. The molecule has 0 aromatic heterocycles. The van der Waals surface area contributed by atoms with E-state index < -0.39 is 6.04 Å². The van der Waals surface area contributed by atoms with Crippen molar-refractivity contribution in [1.82, 2.24) is 5.32 Å². The monoisotopic (exact) mass is 440 g/mol. The number of hydrogen-bond donors (Lipinski definition) is 1. The summed E-state index contributed by atoms with van der Waals surface area (Å²) in [7, 11) is 0. The minimum Gasteiger partial charge on any atom is -0.340 e. The highest BCUT2D eigenvalue weighted by Gasteiger charge is 2.34. The van der Waals surface area contributed by atoms with Gasteiger partial charge in [-0.2, -0.15) is 0 Å². The van der Waals surface area contributed by atoms with Crippen LogP contribution < -0.4 is 10.2 Å². The second-order valence-corrected chi connectivity index (χ2v) is 6.92. The second-order valence-electron chi connectivity index (χ2n) is 5.26. The van der Waals surface area contributed by atoms with Crippen molar-refractivity contribution < 1.29 is 9.59 Å². The molecule has 0 spiro atoms. The maximum Gasteiger partial charge on any atom is 0.251 e. The third kappa shape index (κ3) is 3.50. The van der Waals surface area contributed by atoms with Gasteiger partial charge in [0.25, 0.3) is 5.91 Å². The molecule has 1 heterocycles. The van der Waals surface area contributed by atoms with Gasteiger partial charge >= 0.3 is 0 Å². The Morgan fingerprint density at radius 2 is 1.87 bits per heavy atom. The van der Waals surface area contributed by atoms with Crippen molar-refractivity contribution in [2.24, 2.45) is 0 Å². The molecule has 0 saturated carbocycles. The third-order valence-electron chi connectivity index (χ3n) is 3.76. The summed E-state index contributed by atoms with van der Waals surface area (Å²) in [6.07, 6.45) is 0.570. The van der Waals surface area contributed by atoms with Crippen molar-refractivity contribution >= 4 is 51.7 Å². The van der Waals surface area contributed by atoms with Gasteiger partial charge in [0, 0.05) is 15.7 Å². The van der Waals surface area contributed by atoms with E-state index in [2.05, 4.69) is 27.9 Å². The number of hydrogen-bond acceptors (Lipinski definition) is 2. The fourth-order valence-corrected chi connectivity index (χ4v) is 3.16. The van der Waals surface area contributed by atoms with Crippen LogP contribution in [0.3, 0.4) is 0 Å². The number of benzene rings is 2. The van der Waals surface area contributed by atoms with Crippen LogP contribution in [-0.2, 0) is 4.79 Å². The molecule has 0 aliphatic carbocycles. The predicted molar refractivity (Wildman–Crippen MR) is 98.8 cm³/mol. The van der Waals surface area contributed by atoms with Gasteiger partial charge in [-0.3, -0.25) is 9.59 Å². The Kier molecular flexibility index (Phi) is 4.87. The molecule has 6 heteroatoms. The summed E-state index contributed by atoms with van der Waals surface area (Å²) < 4.78 is 1.06. The lowest BCUT2D eigenvalue weighted by Gasteiger charge is -2.18. The molecule has 1 aliphatic heterocycles. The largest absolute Gasteiger partial charge is 0.340 e. The quantitative estimate of drug-likeness (QED) is 0.743. The molecule has 4 nitrogen and oxygen atoms in total. The number of nitrogens with zero attached hydrogens (tertiary/aromatic N) is 1. The van der Waals surface area contributed by atoms with Gasteiger partial charge in [-0.1, -0.05) is 23.7 Å². The Balaban J connectivity index is 1.71. The molecule has 23 heavy (non-hydrogen) atoms. The zero-order valence-corrected chi connectivity index (χ0v) is 15.0. The number of amides is 2. The summed E-state index contributed by atoms with van der Waals surface area (Å²) in [6, 6.07) is 13.9. The molecular weight excluding hydrogens is 427 g/mol. The summed E-state index contributed by atoms with van der Waals surface area (Å²) in [6.45, 7) is 0.542. The van der Waals surface area contributed by atoms with E-state index in [1.807, 2.05) is 30.3 Å². The highest BCUT2D eigenvalue weighted by atomic mass is 127. The molecular formula is C17H14ClIN2O2. The van der Waals surface area contributed by atoms with Gasteiger partial charge in [-0.05, 0) is 65.4 Å². The first-order chi connectivity index (χ1) is 11.1. The van der Waals surface area contributed by atoms with Crippen molar-refractivity contribution in [3.05, 3.63) is 62.7 Å². The number of carbonyl (C=O) groups excluding carboxylic acids is 2. The molecule has 2 aromatic carbocycles. The van der Waals surface area contributed by atoms with E-state index in [4.69, 9.17) is 11.6 Å². The first-order valence-corrected chi connectivity index (χ1v) is 8.64. The van der Waals surface area contributed by atoms with Crippen LogP contribution in [0.25, 0.3) is 0 Å². The maximum absolute atomic E-state index is 12.5. The molecule has 3 rings (SSSR count). The van der Waals surface area contributed by atoms with Crippen LogP contribution in [0, 0.1) is 3.57 Å². The van der Waals surface area contributed by atoms with Crippen LogP contribution in [0.1, 0.15) is 16.8 Å². The van der Waals surface area contributed by atoms with Gasteiger partial charge in [-0.25, -0.2) is 0 Å². The number of carbonyl (C=O) groups is 2. The van der Waals surface area contributed by atoms with Gasteiger partial charge in [-0.15, -0.1) is 0 Å². The minimum absolute atomic E-state index is 0.128. The lowest BCUT2D eigenvalue weighted by atomic mass is 10.2. The Labute approximate surface area is 153 Å². The molecule has 1 fully saturated rings. The van der Waals surface area contributed by atoms with Crippen molar-refractivity contribution in [2.45, 2.75) is 12.5 Å². The van der Waals surface area contributed by atoms with Gasteiger partial charge < -0.3 is 10.2 Å². The summed E-state index contributed by atoms with van der Waals surface area (Å²) in [5.41, 5.74) is 1.24. The van der Waals surface area contributed by atoms with Gasteiger partial charge in [0.2, 0.25) is 5.91 Å². The normalized spacial score (nSPS) is 17.4. The van der Waals surface area contributed by atoms with Gasteiger partial charge in [0.1, 0.15) is 6.04 Å². The first-order valence-electron chi connectivity index (χ1n) is 7.18. The number of para-hydroxylation sites is 1. The zero-order valence-electron chi connectivity index (χ0n) is 12.1. The molecule has 1 atom stereocenters. The van der Waals surface area contributed by atoms with Crippen molar-refractivity contribution in [3.8, 4) is 0 Å². The third-order valence-corrected chi connectivity index (χ3v) is 4.80. The maximum atomic E-state index is 12.5. The van der Waals surface area contributed by atoms with Crippen molar-refractivity contribution in [1.29, 1.82) is 0 Å². The molecule has 118 valence electrons. The molecule has 2 aromatic rings. The smallest absolute Gasteiger partial charge is 0.251 e. The zero-order chi connectivity index (χ0) is 16.4. The molecule has 1 saturated heterocycles. The number of nitrogens with one attached hydrogen (secondary N) is 1. The summed E-state index contributed by atoms with van der Waals surface area (Å²) in [5.74, 6) is -0.363. The van der Waals surface area contributed by atoms with E-state index in [0.717, 1.165) is 3.57 Å². The standard InChI is InChI=1S/C17H14ClIN2O2/c18-13-3-1-2-4-15(13)21-10-9-14(17(21)23)20-16(22)11-5-7-12(19)8-6-11/h1-8,14H,9-10H2,(H,20,22). The minimum atomic E-state index is -0.516.